The molecule has 0 atom stereocenters. The molecule has 0 N–H and O–H groups in total. The Balaban J connectivity index is 3.17. The number of rotatable bonds is 2. The van der Waals surface area contributed by atoms with Crippen LogP contribution >= 0.6 is 0 Å². The first-order valence-corrected chi connectivity index (χ1v) is 4.41. The van der Waals surface area contributed by atoms with Crippen molar-refractivity contribution in [3.8, 4) is 0 Å². The lowest BCUT2D eigenvalue weighted by atomic mass is 10.2. The highest BCUT2D eigenvalue weighted by atomic mass is 19.4. The van der Waals surface area contributed by atoms with E-state index in [1.54, 1.807) is 13.8 Å². The summed E-state index contributed by atoms with van der Waals surface area (Å²) in [5.41, 5.74) is -0.412. The van der Waals surface area contributed by atoms with Crippen LogP contribution in [0.2, 0.25) is 0 Å². The first-order chi connectivity index (χ1) is 6.47. The lowest BCUT2D eigenvalue weighted by molar-refractivity contribution is -0.141. The summed E-state index contributed by atoms with van der Waals surface area (Å²) in [5.74, 6) is 0.247. The van der Waals surface area contributed by atoms with Crippen LogP contribution in [0.15, 0.2) is 6.07 Å². The maximum atomic E-state index is 12.3. The standard InChI is InChI=1S/C9H11F3N2/c1-3-6-5-7(9(10,11)12)14-8(4-2)13-6/h5H,3-4H2,1-2H3. The van der Waals surface area contributed by atoms with Gasteiger partial charge in [-0.3, -0.25) is 0 Å². The van der Waals surface area contributed by atoms with E-state index in [1.165, 1.54) is 0 Å². The fourth-order valence-corrected chi connectivity index (χ4v) is 1.04. The van der Waals surface area contributed by atoms with Crippen LogP contribution in [0.5, 0.6) is 0 Å². The second-order valence-corrected chi connectivity index (χ2v) is 2.87. The zero-order chi connectivity index (χ0) is 10.8. The van der Waals surface area contributed by atoms with Crippen LogP contribution in [-0.2, 0) is 19.0 Å². The maximum absolute atomic E-state index is 12.3. The summed E-state index contributed by atoms with van der Waals surface area (Å²) in [6.45, 7) is 3.50. The Kier molecular flexibility index (Phi) is 3.08. The third-order valence-electron chi connectivity index (χ3n) is 1.79. The summed E-state index contributed by atoms with van der Waals surface area (Å²) in [7, 11) is 0. The fourth-order valence-electron chi connectivity index (χ4n) is 1.04. The second kappa shape index (κ2) is 3.94. The molecule has 14 heavy (non-hydrogen) atoms. The Labute approximate surface area is 80.2 Å². The van der Waals surface area contributed by atoms with E-state index in [0.717, 1.165) is 6.07 Å². The zero-order valence-electron chi connectivity index (χ0n) is 8.02. The lowest BCUT2D eigenvalue weighted by Gasteiger charge is -2.08. The summed E-state index contributed by atoms with van der Waals surface area (Å²) in [6.07, 6.45) is -3.48. The van der Waals surface area contributed by atoms with Crippen molar-refractivity contribution in [3.63, 3.8) is 0 Å². The Bertz CT molecular complexity index is 298. The van der Waals surface area contributed by atoms with E-state index in [2.05, 4.69) is 9.97 Å². The minimum absolute atomic E-state index is 0.247. The fraction of sp³-hybridized carbons (Fsp3) is 0.556. The average molecular weight is 204 g/mol. The maximum Gasteiger partial charge on any atom is 0.433 e. The molecule has 0 aromatic carbocycles. The van der Waals surface area contributed by atoms with Crippen LogP contribution in [0, 0.1) is 0 Å². The first kappa shape index (κ1) is 10.9. The predicted molar refractivity (Wildman–Crippen MR) is 45.8 cm³/mol. The highest BCUT2D eigenvalue weighted by Gasteiger charge is 2.33. The largest absolute Gasteiger partial charge is 0.433 e. The van der Waals surface area contributed by atoms with Crippen LogP contribution in [0.1, 0.15) is 31.1 Å². The summed E-state index contributed by atoms with van der Waals surface area (Å²) < 4.78 is 37.0. The van der Waals surface area contributed by atoms with E-state index >= 15 is 0 Å². The molecule has 1 heterocycles. The van der Waals surface area contributed by atoms with Gasteiger partial charge in [0, 0.05) is 12.1 Å². The molecule has 1 aromatic heterocycles. The molecule has 78 valence electrons. The third kappa shape index (κ3) is 2.43. The van der Waals surface area contributed by atoms with Crippen molar-refractivity contribution < 1.29 is 13.2 Å². The molecular formula is C9H11F3N2. The normalized spacial score (nSPS) is 11.8. The van der Waals surface area contributed by atoms with Gasteiger partial charge >= 0.3 is 6.18 Å². The molecule has 1 aromatic rings. The van der Waals surface area contributed by atoms with E-state index in [4.69, 9.17) is 0 Å². The molecule has 0 unspecified atom stereocenters. The lowest BCUT2D eigenvalue weighted by Crippen LogP contribution is -2.12. The molecule has 0 saturated heterocycles. The smallest absolute Gasteiger partial charge is 0.238 e. The number of aryl methyl sites for hydroxylation is 2. The molecule has 0 aliphatic carbocycles. The number of hydrogen-bond acceptors (Lipinski definition) is 2. The van der Waals surface area contributed by atoms with Gasteiger partial charge < -0.3 is 0 Å². The highest BCUT2D eigenvalue weighted by molar-refractivity contribution is 5.14. The molecular weight excluding hydrogens is 193 g/mol. The van der Waals surface area contributed by atoms with Crippen molar-refractivity contribution in [1.82, 2.24) is 9.97 Å². The van der Waals surface area contributed by atoms with Crippen molar-refractivity contribution in [2.24, 2.45) is 0 Å². The van der Waals surface area contributed by atoms with E-state index in [0.29, 0.717) is 18.5 Å². The summed E-state index contributed by atoms with van der Waals surface area (Å²) in [5, 5.41) is 0. The predicted octanol–water partition coefficient (Wildman–Crippen LogP) is 2.62. The van der Waals surface area contributed by atoms with Crippen LogP contribution < -0.4 is 0 Å². The first-order valence-electron chi connectivity index (χ1n) is 4.41. The number of hydrogen-bond donors (Lipinski definition) is 0. The second-order valence-electron chi connectivity index (χ2n) is 2.87. The minimum Gasteiger partial charge on any atom is -0.238 e. The van der Waals surface area contributed by atoms with Gasteiger partial charge in [-0.2, -0.15) is 13.2 Å². The summed E-state index contributed by atoms with van der Waals surface area (Å²) in [6, 6.07) is 0.999. The molecule has 2 nitrogen and oxygen atoms in total. The molecule has 1 rings (SSSR count). The SMILES string of the molecule is CCc1cc(C(F)(F)F)nc(CC)n1. The number of nitrogens with zero attached hydrogens (tertiary/aromatic N) is 2. The monoisotopic (exact) mass is 204 g/mol. The quantitative estimate of drug-likeness (QED) is 0.740. The van der Waals surface area contributed by atoms with Crippen molar-refractivity contribution in [1.29, 1.82) is 0 Å². The number of alkyl halides is 3. The molecule has 0 saturated carbocycles. The summed E-state index contributed by atoms with van der Waals surface area (Å²) in [4.78, 5) is 7.41. The van der Waals surface area contributed by atoms with Gasteiger partial charge in [-0.25, -0.2) is 9.97 Å². The van der Waals surface area contributed by atoms with E-state index in [9.17, 15) is 13.2 Å². The van der Waals surface area contributed by atoms with Crippen LogP contribution in [-0.4, -0.2) is 9.97 Å². The molecule has 0 bridgehead atoms. The summed E-state index contributed by atoms with van der Waals surface area (Å²) >= 11 is 0. The van der Waals surface area contributed by atoms with Gasteiger partial charge in [-0.15, -0.1) is 0 Å². The molecule has 0 radical (unpaired) electrons. The molecule has 0 spiro atoms. The van der Waals surface area contributed by atoms with Crippen LogP contribution in [0.3, 0.4) is 0 Å². The van der Waals surface area contributed by atoms with Crippen LogP contribution in [0.25, 0.3) is 0 Å². The minimum atomic E-state index is -4.38. The van der Waals surface area contributed by atoms with E-state index in [1.807, 2.05) is 0 Å². The van der Waals surface area contributed by atoms with Crippen molar-refractivity contribution >= 4 is 0 Å². The molecule has 5 heteroatoms. The van der Waals surface area contributed by atoms with Gasteiger partial charge in [0.2, 0.25) is 0 Å². The molecule has 0 aliphatic rings. The molecule has 0 amide bonds. The average Bonchev–Trinajstić information content (AvgIpc) is 2.15. The molecule has 0 fully saturated rings. The van der Waals surface area contributed by atoms with Gasteiger partial charge in [-0.1, -0.05) is 13.8 Å². The van der Waals surface area contributed by atoms with E-state index in [-0.39, 0.29) is 5.82 Å². The highest BCUT2D eigenvalue weighted by Crippen LogP contribution is 2.27. The van der Waals surface area contributed by atoms with Gasteiger partial charge in [0.1, 0.15) is 11.5 Å². The Morgan fingerprint density at radius 1 is 1.14 bits per heavy atom. The number of aromatic nitrogens is 2. The zero-order valence-corrected chi connectivity index (χ0v) is 8.02. The van der Waals surface area contributed by atoms with Crippen LogP contribution in [0.4, 0.5) is 13.2 Å². The van der Waals surface area contributed by atoms with Crippen molar-refractivity contribution in [3.05, 3.63) is 23.3 Å². The third-order valence-corrected chi connectivity index (χ3v) is 1.79. The van der Waals surface area contributed by atoms with Gasteiger partial charge in [0.05, 0.1) is 0 Å². The van der Waals surface area contributed by atoms with Gasteiger partial charge in [0.15, 0.2) is 0 Å². The topological polar surface area (TPSA) is 25.8 Å². The van der Waals surface area contributed by atoms with E-state index < -0.39 is 11.9 Å². The Morgan fingerprint density at radius 2 is 1.79 bits per heavy atom. The van der Waals surface area contributed by atoms with Crippen molar-refractivity contribution in [2.75, 3.05) is 0 Å². The van der Waals surface area contributed by atoms with Crippen molar-refractivity contribution in [2.45, 2.75) is 32.9 Å². The number of halogens is 3. The van der Waals surface area contributed by atoms with Gasteiger partial charge in [-0.05, 0) is 12.5 Å². The Morgan fingerprint density at radius 3 is 2.21 bits per heavy atom. The molecule has 0 aliphatic heterocycles. The Hall–Kier alpha value is -1.13. The van der Waals surface area contributed by atoms with Gasteiger partial charge in [0.25, 0.3) is 0 Å².